The molecule has 144 valence electrons. The van der Waals surface area contributed by atoms with Gasteiger partial charge in [-0.25, -0.2) is 9.37 Å². The van der Waals surface area contributed by atoms with E-state index < -0.39 is 0 Å². The van der Waals surface area contributed by atoms with Crippen molar-refractivity contribution in [1.82, 2.24) is 20.5 Å². The minimum absolute atomic E-state index is 0. The molecule has 0 aliphatic rings. The SMILES string of the molecule is CN=C(NCCc1ncc(C)s1)NCC(c1cccc(F)c1)N(C)C.I. The van der Waals surface area contributed by atoms with Gasteiger partial charge in [0.05, 0.1) is 11.0 Å². The Balaban J connectivity index is 0.00000338. The molecule has 2 aromatic rings. The highest BCUT2D eigenvalue weighted by atomic mass is 127. The average molecular weight is 491 g/mol. The maximum Gasteiger partial charge on any atom is 0.191 e. The van der Waals surface area contributed by atoms with Gasteiger partial charge in [-0.2, -0.15) is 0 Å². The Bertz CT molecular complexity index is 704. The first-order valence-corrected chi connectivity index (χ1v) is 9.09. The van der Waals surface area contributed by atoms with Gasteiger partial charge in [0, 0.05) is 37.6 Å². The summed E-state index contributed by atoms with van der Waals surface area (Å²) >= 11 is 1.71. The van der Waals surface area contributed by atoms with Gasteiger partial charge in [0.15, 0.2) is 5.96 Å². The predicted molar refractivity (Wildman–Crippen MR) is 118 cm³/mol. The summed E-state index contributed by atoms with van der Waals surface area (Å²) in [7, 11) is 5.71. The van der Waals surface area contributed by atoms with Gasteiger partial charge in [0.1, 0.15) is 5.82 Å². The summed E-state index contributed by atoms with van der Waals surface area (Å²) in [5.41, 5.74) is 0.936. The molecule has 0 bridgehead atoms. The maximum atomic E-state index is 13.5. The molecule has 2 N–H and O–H groups in total. The van der Waals surface area contributed by atoms with E-state index in [1.165, 1.54) is 10.9 Å². The maximum absolute atomic E-state index is 13.5. The van der Waals surface area contributed by atoms with E-state index in [0.29, 0.717) is 6.54 Å². The Kier molecular flexibility index (Phi) is 10.0. The molecule has 5 nitrogen and oxygen atoms in total. The van der Waals surface area contributed by atoms with E-state index >= 15 is 0 Å². The van der Waals surface area contributed by atoms with Crippen LogP contribution in [-0.2, 0) is 6.42 Å². The molecule has 1 heterocycles. The van der Waals surface area contributed by atoms with Gasteiger partial charge in [0.25, 0.3) is 0 Å². The second-order valence-electron chi connectivity index (χ2n) is 6.03. The summed E-state index contributed by atoms with van der Waals surface area (Å²) in [6.45, 7) is 3.45. The van der Waals surface area contributed by atoms with Crippen LogP contribution >= 0.6 is 35.3 Å². The summed E-state index contributed by atoms with van der Waals surface area (Å²) in [5.74, 6) is 0.516. The molecule has 0 spiro atoms. The highest BCUT2D eigenvalue weighted by molar-refractivity contribution is 14.0. The molecule has 1 aromatic heterocycles. The smallest absolute Gasteiger partial charge is 0.191 e. The number of rotatable bonds is 7. The normalized spacial score (nSPS) is 12.6. The number of aryl methyl sites for hydroxylation is 1. The van der Waals surface area contributed by atoms with Crippen LogP contribution in [0.3, 0.4) is 0 Å². The lowest BCUT2D eigenvalue weighted by Gasteiger charge is -2.26. The van der Waals surface area contributed by atoms with Crippen LogP contribution in [0.2, 0.25) is 0 Å². The second-order valence-corrected chi connectivity index (χ2v) is 7.35. The van der Waals surface area contributed by atoms with Crippen molar-refractivity contribution in [3.05, 3.63) is 51.7 Å². The number of likely N-dealkylation sites (N-methyl/N-ethyl adjacent to an activating group) is 1. The van der Waals surface area contributed by atoms with Crippen LogP contribution in [0.15, 0.2) is 35.5 Å². The molecule has 0 aliphatic heterocycles. The molecule has 0 saturated heterocycles. The van der Waals surface area contributed by atoms with Crippen molar-refractivity contribution in [3.63, 3.8) is 0 Å². The van der Waals surface area contributed by atoms with Crippen LogP contribution in [0.1, 0.15) is 21.5 Å². The second kappa shape index (κ2) is 11.5. The molecule has 2 rings (SSSR count). The lowest BCUT2D eigenvalue weighted by molar-refractivity contribution is 0.297. The van der Waals surface area contributed by atoms with Gasteiger partial charge in [-0.3, -0.25) is 4.99 Å². The van der Waals surface area contributed by atoms with Crippen molar-refractivity contribution in [3.8, 4) is 0 Å². The van der Waals surface area contributed by atoms with E-state index in [1.54, 1.807) is 30.5 Å². The molecule has 26 heavy (non-hydrogen) atoms. The summed E-state index contributed by atoms with van der Waals surface area (Å²) < 4.78 is 13.5. The minimum Gasteiger partial charge on any atom is -0.356 e. The lowest BCUT2D eigenvalue weighted by Crippen LogP contribution is -2.42. The molecule has 1 aromatic carbocycles. The van der Waals surface area contributed by atoms with Gasteiger partial charge in [0.2, 0.25) is 0 Å². The predicted octanol–water partition coefficient (Wildman–Crippen LogP) is 3.22. The standard InChI is InChI=1S/C18H26FN5S.HI/c1-13-11-22-17(25-13)8-9-21-18(20-2)23-12-16(24(3)4)14-6-5-7-15(19)10-14;/h5-7,10-11,16H,8-9,12H2,1-4H3,(H2,20,21,23);1H. The van der Waals surface area contributed by atoms with Crippen molar-refractivity contribution < 1.29 is 4.39 Å². The number of halogens is 2. The number of aliphatic imine (C=N–C) groups is 1. The first-order chi connectivity index (χ1) is 12.0. The quantitative estimate of drug-likeness (QED) is 0.355. The van der Waals surface area contributed by atoms with Crippen LogP contribution in [0.4, 0.5) is 4.39 Å². The van der Waals surface area contributed by atoms with Crippen LogP contribution in [0.25, 0.3) is 0 Å². The number of hydrogen-bond acceptors (Lipinski definition) is 4. The molecule has 0 saturated carbocycles. The van der Waals surface area contributed by atoms with E-state index in [0.717, 1.165) is 29.5 Å². The zero-order valence-electron chi connectivity index (χ0n) is 15.6. The third-order valence-electron chi connectivity index (χ3n) is 3.84. The zero-order chi connectivity index (χ0) is 18.2. The lowest BCUT2D eigenvalue weighted by atomic mass is 10.1. The number of nitrogens with zero attached hydrogens (tertiary/aromatic N) is 3. The topological polar surface area (TPSA) is 52.6 Å². The zero-order valence-corrected chi connectivity index (χ0v) is 18.8. The van der Waals surface area contributed by atoms with Gasteiger partial charge in [-0.15, -0.1) is 35.3 Å². The van der Waals surface area contributed by atoms with Crippen molar-refractivity contribution in [2.75, 3.05) is 34.2 Å². The first kappa shape index (κ1) is 22.8. The Morgan fingerprint density at radius 3 is 2.69 bits per heavy atom. The number of benzene rings is 1. The number of guanidine groups is 1. The van der Waals surface area contributed by atoms with Crippen molar-refractivity contribution in [1.29, 1.82) is 0 Å². The summed E-state index contributed by atoms with van der Waals surface area (Å²) in [5, 5.41) is 7.73. The molecule has 0 amide bonds. The molecule has 0 radical (unpaired) electrons. The molecule has 1 atom stereocenters. The fourth-order valence-corrected chi connectivity index (χ4v) is 3.32. The Morgan fingerprint density at radius 2 is 2.12 bits per heavy atom. The van der Waals surface area contributed by atoms with Crippen LogP contribution < -0.4 is 10.6 Å². The Labute approximate surface area is 176 Å². The summed E-state index contributed by atoms with van der Waals surface area (Å²) in [6, 6.07) is 6.77. The third-order valence-corrected chi connectivity index (χ3v) is 4.82. The highest BCUT2D eigenvalue weighted by Crippen LogP contribution is 2.18. The van der Waals surface area contributed by atoms with Crippen LogP contribution in [-0.4, -0.2) is 50.1 Å². The largest absolute Gasteiger partial charge is 0.356 e. The van der Waals surface area contributed by atoms with Gasteiger partial charge in [-0.1, -0.05) is 12.1 Å². The molecule has 0 aliphatic carbocycles. The fourth-order valence-electron chi connectivity index (χ4n) is 2.53. The van der Waals surface area contributed by atoms with E-state index in [2.05, 4.69) is 32.4 Å². The number of hydrogen-bond donors (Lipinski definition) is 2. The van der Waals surface area contributed by atoms with Crippen LogP contribution in [0.5, 0.6) is 0 Å². The number of nitrogens with one attached hydrogen (secondary N) is 2. The van der Waals surface area contributed by atoms with E-state index in [9.17, 15) is 4.39 Å². The van der Waals surface area contributed by atoms with Crippen molar-refractivity contribution in [2.24, 2.45) is 4.99 Å². The molecule has 0 fully saturated rings. The summed E-state index contributed by atoms with van der Waals surface area (Å²) in [6.07, 6.45) is 2.76. The van der Waals surface area contributed by atoms with Gasteiger partial charge in [-0.05, 0) is 38.7 Å². The van der Waals surface area contributed by atoms with E-state index in [-0.39, 0.29) is 35.8 Å². The van der Waals surface area contributed by atoms with Gasteiger partial charge < -0.3 is 15.5 Å². The number of aromatic nitrogens is 1. The van der Waals surface area contributed by atoms with E-state index in [1.807, 2.05) is 26.4 Å². The number of thiazole rings is 1. The molecule has 1 unspecified atom stereocenters. The van der Waals surface area contributed by atoms with Crippen molar-refractivity contribution in [2.45, 2.75) is 19.4 Å². The summed E-state index contributed by atoms with van der Waals surface area (Å²) in [4.78, 5) is 11.9. The third kappa shape index (κ3) is 7.16. The van der Waals surface area contributed by atoms with E-state index in [4.69, 9.17) is 0 Å². The minimum atomic E-state index is -0.217. The highest BCUT2D eigenvalue weighted by Gasteiger charge is 2.15. The average Bonchev–Trinajstić information content (AvgIpc) is 2.98. The fraction of sp³-hybridized carbons (Fsp3) is 0.444. The van der Waals surface area contributed by atoms with Crippen LogP contribution in [0, 0.1) is 12.7 Å². The molecular formula is C18H27FIN5S. The Hall–Kier alpha value is -1.26. The monoisotopic (exact) mass is 491 g/mol. The van der Waals surface area contributed by atoms with Crippen molar-refractivity contribution >= 4 is 41.3 Å². The molecular weight excluding hydrogens is 464 g/mol. The Morgan fingerprint density at radius 1 is 1.35 bits per heavy atom. The van der Waals surface area contributed by atoms with Gasteiger partial charge >= 0.3 is 0 Å². The first-order valence-electron chi connectivity index (χ1n) is 8.27. The molecule has 8 heteroatoms.